The second-order valence-electron chi connectivity index (χ2n) is 3.98. The van der Waals surface area contributed by atoms with Crippen LogP contribution in [0, 0.1) is 17.8 Å². The van der Waals surface area contributed by atoms with Crippen LogP contribution in [-0.4, -0.2) is 22.6 Å². The minimum Gasteiger partial charge on any atom is -0.481 e. The number of hydrogen-bond donors (Lipinski definition) is 1. The van der Waals surface area contributed by atoms with Crippen molar-refractivity contribution in [3.8, 4) is 0 Å². The van der Waals surface area contributed by atoms with Gasteiger partial charge in [0.15, 0.2) is 0 Å². The standard InChI is InChI=1S/C10H14O4/c1-5-3-8(11)6(2)10(14)7(5)4-9(12)13/h5-7H,3-4H2,1-2H3,(H,12,13). The Morgan fingerprint density at radius 2 is 2.00 bits per heavy atom. The van der Waals surface area contributed by atoms with E-state index in [9.17, 15) is 14.4 Å². The number of rotatable bonds is 2. The average molecular weight is 198 g/mol. The van der Waals surface area contributed by atoms with Gasteiger partial charge in [0.05, 0.1) is 12.3 Å². The summed E-state index contributed by atoms with van der Waals surface area (Å²) in [5.74, 6) is -2.49. The lowest BCUT2D eigenvalue weighted by Gasteiger charge is -2.29. The van der Waals surface area contributed by atoms with E-state index in [1.807, 2.05) is 0 Å². The van der Waals surface area contributed by atoms with E-state index in [-0.39, 0.29) is 23.9 Å². The first-order valence-corrected chi connectivity index (χ1v) is 4.71. The zero-order valence-electron chi connectivity index (χ0n) is 8.32. The summed E-state index contributed by atoms with van der Waals surface area (Å²) in [5.41, 5.74) is 0. The molecule has 1 aliphatic rings. The predicted octanol–water partition coefficient (Wildman–Crippen LogP) is 0.891. The van der Waals surface area contributed by atoms with Gasteiger partial charge in [-0.05, 0) is 12.8 Å². The normalized spacial score (nSPS) is 33.1. The van der Waals surface area contributed by atoms with Gasteiger partial charge in [0.1, 0.15) is 11.6 Å². The summed E-state index contributed by atoms with van der Waals surface area (Å²) >= 11 is 0. The molecular formula is C10H14O4. The van der Waals surface area contributed by atoms with Gasteiger partial charge < -0.3 is 5.11 Å². The molecule has 0 spiro atoms. The number of carboxylic acid groups (broad SMARTS) is 1. The van der Waals surface area contributed by atoms with Crippen LogP contribution in [0.25, 0.3) is 0 Å². The van der Waals surface area contributed by atoms with Gasteiger partial charge in [0.25, 0.3) is 0 Å². The summed E-state index contributed by atoms with van der Waals surface area (Å²) in [6.07, 6.45) is 0.169. The number of carboxylic acids is 1. The number of hydrogen-bond acceptors (Lipinski definition) is 3. The van der Waals surface area contributed by atoms with E-state index >= 15 is 0 Å². The summed E-state index contributed by atoms with van der Waals surface area (Å²) in [5, 5.41) is 8.62. The molecule has 4 heteroatoms. The number of ketones is 2. The maximum atomic E-state index is 11.6. The molecule has 0 saturated heterocycles. The maximum Gasteiger partial charge on any atom is 0.304 e. The molecule has 0 heterocycles. The first kappa shape index (κ1) is 10.9. The van der Waals surface area contributed by atoms with Gasteiger partial charge in [0.2, 0.25) is 0 Å². The molecule has 1 fully saturated rings. The zero-order valence-corrected chi connectivity index (χ0v) is 8.32. The highest BCUT2D eigenvalue weighted by atomic mass is 16.4. The minimum atomic E-state index is -0.975. The molecule has 3 atom stereocenters. The Morgan fingerprint density at radius 3 is 2.50 bits per heavy atom. The van der Waals surface area contributed by atoms with Crippen LogP contribution in [0.15, 0.2) is 0 Å². The van der Waals surface area contributed by atoms with Crippen molar-refractivity contribution in [2.45, 2.75) is 26.7 Å². The molecule has 0 amide bonds. The van der Waals surface area contributed by atoms with Crippen molar-refractivity contribution in [1.29, 1.82) is 0 Å². The molecule has 0 bridgehead atoms. The highest BCUT2D eigenvalue weighted by molar-refractivity contribution is 6.06. The van der Waals surface area contributed by atoms with E-state index in [0.29, 0.717) is 6.42 Å². The van der Waals surface area contributed by atoms with Gasteiger partial charge in [-0.3, -0.25) is 14.4 Å². The fraction of sp³-hybridized carbons (Fsp3) is 0.700. The number of carbonyl (C=O) groups excluding carboxylic acids is 2. The smallest absolute Gasteiger partial charge is 0.304 e. The molecule has 0 radical (unpaired) electrons. The first-order valence-electron chi connectivity index (χ1n) is 4.71. The van der Waals surface area contributed by atoms with Crippen molar-refractivity contribution in [1.82, 2.24) is 0 Å². The average Bonchev–Trinajstić information content (AvgIpc) is 2.09. The van der Waals surface area contributed by atoms with Crippen LogP contribution in [0.4, 0.5) is 0 Å². The Kier molecular flexibility index (Phi) is 3.03. The topological polar surface area (TPSA) is 71.4 Å². The summed E-state index contributed by atoms with van der Waals surface area (Å²) in [6, 6.07) is 0. The SMILES string of the molecule is CC1C(=O)CC(C)C(CC(=O)O)C1=O. The number of carbonyl (C=O) groups is 3. The molecule has 0 aliphatic heterocycles. The summed E-state index contributed by atoms with van der Waals surface area (Å²) in [6.45, 7) is 3.32. The van der Waals surface area contributed by atoms with Crippen LogP contribution < -0.4 is 0 Å². The fourth-order valence-electron chi connectivity index (χ4n) is 1.89. The maximum absolute atomic E-state index is 11.6. The molecule has 0 aromatic rings. The van der Waals surface area contributed by atoms with Gasteiger partial charge in [-0.2, -0.15) is 0 Å². The molecule has 14 heavy (non-hydrogen) atoms. The van der Waals surface area contributed by atoms with Gasteiger partial charge in [-0.1, -0.05) is 6.92 Å². The quantitative estimate of drug-likeness (QED) is 0.669. The lowest BCUT2D eigenvalue weighted by molar-refractivity contribution is -0.147. The molecule has 1 N–H and O–H groups in total. The molecule has 1 saturated carbocycles. The molecule has 1 rings (SSSR count). The number of Topliss-reactive ketones (excluding diaryl/α,β-unsaturated/α-hetero) is 2. The lowest BCUT2D eigenvalue weighted by atomic mass is 9.72. The third-order valence-corrected chi connectivity index (χ3v) is 2.88. The largest absolute Gasteiger partial charge is 0.481 e. The Balaban J connectivity index is 2.79. The molecule has 4 nitrogen and oxygen atoms in total. The van der Waals surface area contributed by atoms with Crippen molar-refractivity contribution in [3.05, 3.63) is 0 Å². The van der Waals surface area contributed by atoms with Crippen LogP contribution in [0.5, 0.6) is 0 Å². The van der Waals surface area contributed by atoms with Crippen LogP contribution in [0.1, 0.15) is 26.7 Å². The third-order valence-electron chi connectivity index (χ3n) is 2.88. The van der Waals surface area contributed by atoms with E-state index in [0.717, 1.165) is 0 Å². The fourth-order valence-corrected chi connectivity index (χ4v) is 1.89. The molecule has 1 aliphatic carbocycles. The van der Waals surface area contributed by atoms with Crippen molar-refractivity contribution >= 4 is 17.5 Å². The summed E-state index contributed by atoms with van der Waals surface area (Å²) in [7, 11) is 0. The highest BCUT2D eigenvalue weighted by Crippen LogP contribution is 2.30. The highest BCUT2D eigenvalue weighted by Gasteiger charge is 2.39. The van der Waals surface area contributed by atoms with E-state index in [1.54, 1.807) is 13.8 Å². The molecular weight excluding hydrogens is 184 g/mol. The van der Waals surface area contributed by atoms with Crippen molar-refractivity contribution < 1.29 is 19.5 Å². The summed E-state index contributed by atoms with van der Waals surface area (Å²) in [4.78, 5) is 33.4. The monoisotopic (exact) mass is 198 g/mol. The second-order valence-corrected chi connectivity index (χ2v) is 3.98. The van der Waals surface area contributed by atoms with E-state index in [4.69, 9.17) is 5.11 Å². The van der Waals surface area contributed by atoms with Crippen LogP contribution >= 0.6 is 0 Å². The van der Waals surface area contributed by atoms with E-state index in [2.05, 4.69) is 0 Å². The third kappa shape index (κ3) is 2.00. The second kappa shape index (κ2) is 3.90. The zero-order chi connectivity index (χ0) is 10.9. The Bertz CT molecular complexity index is 282. The Labute approximate surface area is 82.3 Å². The first-order chi connectivity index (χ1) is 6.43. The van der Waals surface area contributed by atoms with Crippen molar-refractivity contribution in [2.75, 3.05) is 0 Å². The molecule has 0 aromatic heterocycles. The van der Waals surface area contributed by atoms with Crippen LogP contribution in [0.2, 0.25) is 0 Å². The van der Waals surface area contributed by atoms with Crippen molar-refractivity contribution in [3.63, 3.8) is 0 Å². The molecule has 0 aromatic carbocycles. The molecule has 78 valence electrons. The number of aliphatic carboxylic acids is 1. The predicted molar refractivity (Wildman–Crippen MR) is 48.7 cm³/mol. The minimum absolute atomic E-state index is 0.0656. The molecule has 3 unspecified atom stereocenters. The summed E-state index contributed by atoms with van der Waals surface area (Å²) < 4.78 is 0. The van der Waals surface area contributed by atoms with Crippen LogP contribution in [0.3, 0.4) is 0 Å². The van der Waals surface area contributed by atoms with Crippen LogP contribution in [-0.2, 0) is 14.4 Å². The van der Waals surface area contributed by atoms with Crippen molar-refractivity contribution in [2.24, 2.45) is 17.8 Å². The lowest BCUT2D eigenvalue weighted by Crippen LogP contribution is -2.39. The van der Waals surface area contributed by atoms with E-state index < -0.39 is 17.8 Å². The van der Waals surface area contributed by atoms with Gasteiger partial charge >= 0.3 is 5.97 Å². The van der Waals surface area contributed by atoms with Gasteiger partial charge in [0, 0.05) is 12.3 Å². The Hall–Kier alpha value is -1.19. The Morgan fingerprint density at radius 1 is 1.43 bits per heavy atom. The van der Waals surface area contributed by atoms with Gasteiger partial charge in [-0.15, -0.1) is 0 Å². The van der Waals surface area contributed by atoms with E-state index in [1.165, 1.54) is 0 Å². The van der Waals surface area contributed by atoms with Gasteiger partial charge in [-0.25, -0.2) is 0 Å².